The Labute approximate surface area is 134 Å². The van der Waals surface area contributed by atoms with Gasteiger partial charge in [0.05, 0.1) is 25.1 Å². The van der Waals surface area contributed by atoms with Crippen LogP contribution in [0.4, 0.5) is 11.5 Å². The fraction of sp³-hybridized carbons (Fsp3) is 0.250. The number of carbonyl (C=O) groups excluding carboxylic acids is 2. The van der Waals surface area contributed by atoms with E-state index in [4.69, 9.17) is 0 Å². The van der Waals surface area contributed by atoms with Gasteiger partial charge in [-0.3, -0.25) is 4.79 Å². The summed E-state index contributed by atoms with van der Waals surface area (Å²) >= 11 is 0. The molecule has 0 aliphatic carbocycles. The van der Waals surface area contributed by atoms with E-state index in [-0.39, 0.29) is 17.6 Å². The Morgan fingerprint density at radius 1 is 1.17 bits per heavy atom. The van der Waals surface area contributed by atoms with E-state index in [0.717, 1.165) is 0 Å². The van der Waals surface area contributed by atoms with Crippen molar-refractivity contribution in [2.45, 2.75) is 19.9 Å². The smallest absolute Gasteiger partial charge is 0.337 e. The Morgan fingerprint density at radius 2 is 1.96 bits per heavy atom. The van der Waals surface area contributed by atoms with E-state index >= 15 is 0 Å². The zero-order valence-electron chi connectivity index (χ0n) is 13.2. The van der Waals surface area contributed by atoms with Crippen LogP contribution in [0.1, 0.15) is 34.7 Å². The maximum atomic E-state index is 11.8. The number of ether oxygens (including phenoxy) is 1. The van der Waals surface area contributed by atoms with Gasteiger partial charge in [-0.25, -0.2) is 14.8 Å². The molecule has 0 fully saturated rings. The van der Waals surface area contributed by atoms with Crippen molar-refractivity contribution in [3.63, 3.8) is 0 Å². The Hall–Kier alpha value is -2.96. The number of amides is 1. The van der Waals surface area contributed by atoms with Gasteiger partial charge in [-0.05, 0) is 32.0 Å². The first-order chi connectivity index (χ1) is 11.0. The first-order valence-electron chi connectivity index (χ1n) is 7.08. The summed E-state index contributed by atoms with van der Waals surface area (Å²) in [6.45, 7) is 3.74. The van der Waals surface area contributed by atoms with Crippen LogP contribution in [0.2, 0.25) is 0 Å². The van der Waals surface area contributed by atoms with Crippen molar-refractivity contribution in [1.29, 1.82) is 0 Å². The van der Waals surface area contributed by atoms with Crippen LogP contribution in [0.3, 0.4) is 0 Å². The number of anilines is 2. The molecule has 0 unspecified atom stereocenters. The van der Waals surface area contributed by atoms with Crippen molar-refractivity contribution in [3.05, 3.63) is 47.9 Å². The van der Waals surface area contributed by atoms with Gasteiger partial charge in [0.1, 0.15) is 11.5 Å². The van der Waals surface area contributed by atoms with Crippen LogP contribution in [0, 0.1) is 0 Å². The van der Waals surface area contributed by atoms with Gasteiger partial charge in [-0.1, -0.05) is 6.07 Å². The molecule has 0 atom stereocenters. The summed E-state index contributed by atoms with van der Waals surface area (Å²) in [5, 5.41) is 5.76. The van der Waals surface area contributed by atoms with E-state index in [1.165, 1.54) is 19.5 Å². The number of carbonyl (C=O) groups is 2. The molecule has 0 bridgehead atoms. The van der Waals surface area contributed by atoms with E-state index < -0.39 is 5.97 Å². The Bertz CT molecular complexity index is 699. The van der Waals surface area contributed by atoms with Gasteiger partial charge in [0.2, 0.25) is 0 Å². The molecular weight excluding hydrogens is 296 g/mol. The molecule has 1 aromatic carbocycles. The van der Waals surface area contributed by atoms with Gasteiger partial charge >= 0.3 is 5.97 Å². The maximum Gasteiger partial charge on any atom is 0.337 e. The number of aromatic nitrogens is 2. The van der Waals surface area contributed by atoms with Gasteiger partial charge in [0, 0.05) is 11.7 Å². The Morgan fingerprint density at radius 3 is 2.57 bits per heavy atom. The Kier molecular flexibility index (Phi) is 5.24. The van der Waals surface area contributed by atoms with Crippen LogP contribution in [0.15, 0.2) is 36.7 Å². The fourth-order valence-electron chi connectivity index (χ4n) is 1.84. The predicted octanol–water partition coefficient (Wildman–Crippen LogP) is 2.14. The summed E-state index contributed by atoms with van der Waals surface area (Å²) in [5.41, 5.74) is 1.34. The molecular formula is C16H18N4O3. The van der Waals surface area contributed by atoms with E-state index in [2.05, 4.69) is 25.3 Å². The van der Waals surface area contributed by atoms with Crippen molar-refractivity contribution in [3.8, 4) is 0 Å². The normalized spacial score (nSPS) is 10.3. The minimum Gasteiger partial charge on any atom is -0.465 e. The predicted molar refractivity (Wildman–Crippen MR) is 85.7 cm³/mol. The quantitative estimate of drug-likeness (QED) is 0.821. The van der Waals surface area contributed by atoms with Gasteiger partial charge in [0.25, 0.3) is 5.91 Å². The van der Waals surface area contributed by atoms with Crippen LogP contribution in [-0.2, 0) is 4.74 Å². The number of rotatable bonds is 5. The van der Waals surface area contributed by atoms with E-state index in [1.807, 2.05) is 13.8 Å². The van der Waals surface area contributed by atoms with Crippen LogP contribution in [0.5, 0.6) is 0 Å². The second-order valence-electron chi connectivity index (χ2n) is 5.11. The SMILES string of the molecule is COC(=O)c1cccc(Nc2cnc(C(=O)NC(C)C)cn2)c1. The van der Waals surface area contributed by atoms with Gasteiger partial charge in [-0.2, -0.15) is 0 Å². The van der Waals surface area contributed by atoms with E-state index in [9.17, 15) is 9.59 Å². The molecule has 2 N–H and O–H groups in total. The summed E-state index contributed by atoms with van der Waals surface area (Å²) in [5.74, 6) is -0.222. The molecule has 2 aromatic rings. The molecule has 0 aliphatic heterocycles. The lowest BCUT2D eigenvalue weighted by Crippen LogP contribution is -2.30. The highest BCUT2D eigenvalue weighted by Gasteiger charge is 2.10. The van der Waals surface area contributed by atoms with Crippen LogP contribution < -0.4 is 10.6 Å². The molecule has 1 amide bonds. The molecule has 0 radical (unpaired) electrons. The minimum atomic E-state index is -0.416. The summed E-state index contributed by atoms with van der Waals surface area (Å²) in [7, 11) is 1.33. The molecule has 0 saturated carbocycles. The highest BCUT2D eigenvalue weighted by atomic mass is 16.5. The molecule has 1 heterocycles. The topological polar surface area (TPSA) is 93.2 Å². The van der Waals surface area contributed by atoms with E-state index in [1.54, 1.807) is 24.3 Å². The molecule has 0 saturated heterocycles. The summed E-state index contributed by atoms with van der Waals surface area (Å²) in [6.07, 6.45) is 2.85. The fourth-order valence-corrected chi connectivity index (χ4v) is 1.84. The molecule has 23 heavy (non-hydrogen) atoms. The first kappa shape index (κ1) is 16.4. The second kappa shape index (κ2) is 7.35. The molecule has 2 rings (SSSR count). The monoisotopic (exact) mass is 314 g/mol. The number of nitrogens with zero attached hydrogens (tertiary/aromatic N) is 2. The van der Waals surface area contributed by atoms with Crippen molar-refractivity contribution in [1.82, 2.24) is 15.3 Å². The lowest BCUT2D eigenvalue weighted by molar-refractivity contribution is 0.0600. The molecule has 120 valence electrons. The van der Waals surface area contributed by atoms with Crippen LogP contribution >= 0.6 is 0 Å². The van der Waals surface area contributed by atoms with Crippen molar-refractivity contribution >= 4 is 23.4 Å². The van der Waals surface area contributed by atoms with Crippen LogP contribution in [-0.4, -0.2) is 35.0 Å². The average Bonchev–Trinajstić information content (AvgIpc) is 2.54. The third-order valence-electron chi connectivity index (χ3n) is 2.86. The molecule has 1 aromatic heterocycles. The number of esters is 1. The molecule has 7 nitrogen and oxygen atoms in total. The van der Waals surface area contributed by atoms with Gasteiger partial charge in [-0.15, -0.1) is 0 Å². The van der Waals surface area contributed by atoms with Gasteiger partial charge < -0.3 is 15.4 Å². The van der Waals surface area contributed by atoms with Crippen molar-refractivity contribution < 1.29 is 14.3 Å². The Balaban J connectivity index is 2.09. The zero-order chi connectivity index (χ0) is 16.8. The summed E-state index contributed by atoms with van der Waals surface area (Å²) in [4.78, 5) is 31.5. The third kappa shape index (κ3) is 4.50. The van der Waals surface area contributed by atoms with Crippen molar-refractivity contribution in [2.24, 2.45) is 0 Å². The standard InChI is InChI=1S/C16H18N4O3/c1-10(2)19-15(21)13-8-18-14(9-17-13)20-12-6-4-5-11(7-12)16(22)23-3/h4-10H,1-3H3,(H,18,20)(H,19,21). The maximum absolute atomic E-state index is 11.8. The lowest BCUT2D eigenvalue weighted by Gasteiger charge is -2.09. The highest BCUT2D eigenvalue weighted by molar-refractivity contribution is 5.92. The second-order valence-corrected chi connectivity index (χ2v) is 5.11. The number of hydrogen-bond donors (Lipinski definition) is 2. The molecule has 0 spiro atoms. The minimum absolute atomic E-state index is 0.0307. The lowest BCUT2D eigenvalue weighted by atomic mass is 10.2. The number of methoxy groups -OCH3 is 1. The first-order valence-corrected chi connectivity index (χ1v) is 7.08. The third-order valence-corrected chi connectivity index (χ3v) is 2.86. The number of benzene rings is 1. The van der Waals surface area contributed by atoms with Crippen LogP contribution in [0.25, 0.3) is 0 Å². The molecule has 0 aliphatic rings. The summed E-state index contributed by atoms with van der Waals surface area (Å²) in [6, 6.07) is 6.85. The average molecular weight is 314 g/mol. The zero-order valence-corrected chi connectivity index (χ0v) is 13.2. The summed E-state index contributed by atoms with van der Waals surface area (Å²) < 4.78 is 4.68. The molecule has 7 heteroatoms. The number of hydrogen-bond acceptors (Lipinski definition) is 6. The van der Waals surface area contributed by atoms with E-state index in [0.29, 0.717) is 17.1 Å². The highest BCUT2D eigenvalue weighted by Crippen LogP contribution is 2.16. The van der Waals surface area contributed by atoms with Gasteiger partial charge in [0.15, 0.2) is 0 Å². The largest absolute Gasteiger partial charge is 0.465 e. The van der Waals surface area contributed by atoms with Crippen molar-refractivity contribution in [2.75, 3.05) is 12.4 Å². The number of nitrogens with one attached hydrogen (secondary N) is 2.